The van der Waals surface area contributed by atoms with E-state index in [1.165, 1.54) is 11.8 Å². The Morgan fingerprint density at radius 3 is 2.54 bits per heavy atom. The smallest absolute Gasteiger partial charge is 0.263 e. The van der Waals surface area contributed by atoms with E-state index in [4.69, 9.17) is 0 Å². The highest BCUT2D eigenvalue weighted by atomic mass is 79.9. The summed E-state index contributed by atoms with van der Waals surface area (Å²) in [6, 6.07) is 15.6. The quantitative estimate of drug-likeness (QED) is 0.518. The number of benzene rings is 2. The third-order valence-corrected chi connectivity index (χ3v) is 4.65. The van der Waals surface area contributed by atoms with Crippen molar-refractivity contribution in [3.63, 3.8) is 0 Å². The third kappa shape index (κ3) is 5.21. The van der Waals surface area contributed by atoms with Gasteiger partial charge in [-0.05, 0) is 55.2 Å². The molecule has 1 atom stereocenters. The molecule has 0 bridgehead atoms. The maximum absolute atomic E-state index is 12.4. The Kier molecular flexibility index (Phi) is 6.99. The number of nitrogens with zero attached hydrogens (tertiary/aromatic N) is 1. The van der Waals surface area contributed by atoms with E-state index < -0.39 is 5.91 Å². The highest BCUT2D eigenvalue weighted by Crippen LogP contribution is 2.20. The summed E-state index contributed by atoms with van der Waals surface area (Å²) < 4.78 is 0.977. The molecule has 0 radical (unpaired) electrons. The number of carbonyl (C=O) groups is 1. The second-order valence-corrected chi connectivity index (χ2v) is 6.98. The van der Waals surface area contributed by atoms with E-state index in [2.05, 4.69) is 45.6 Å². The largest absolute Gasteiger partial charge is 0.360 e. The molecule has 5 heteroatoms. The SMILES string of the molecule is CCc1ccc(C(C)NC(=O)/C(C#N)=C\Nc2ccc(Br)cc2C)cc1. The molecule has 0 fully saturated rings. The number of carbonyl (C=O) groups excluding carboxylic acids is 1. The first kappa shape index (κ1) is 19.7. The molecule has 0 aliphatic heterocycles. The van der Waals surface area contributed by atoms with E-state index in [0.717, 1.165) is 27.7 Å². The van der Waals surface area contributed by atoms with Gasteiger partial charge in [0.05, 0.1) is 6.04 Å². The molecular formula is C21H22BrN3O. The third-order valence-electron chi connectivity index (χ3n) is 4.16. The lowest BCUT2D eigenvalue weighted by molar-refractivity contribution is -0.117. The summed E-state index contributed by atoms with van der Waals surface area (Å²) in [7, 11) is 0. The monoisotopic (exact) mass is 411 g/mol. The molecule has 0 aliphatic rings. The second-order valence-electron chi connectivity index (χ2n) is 6.06. The summed E-state index contributed by atoms with van der Waals surface area (Å²) in [5.74, 6) is -0.401. The summed E-state index contributed by atoms with van der Waals surface area (Å²) in [4.78, 5) is 12.4. The standard InChI is InChI=1S/C21H22BrN3O/c1-4-16-5-7-17(8-6-16)15(3)25-21(26)18(12-23)13-24-20-10-9-19(22)11-14(20)2/h5-11,13,15,24H,4H2,1-3H3,(H,25,26)/b18-13-. The predicted octanol–water partition coefficient (Wildman–Crippen LogP) is 5.02. The van der Waals surface area contributed by atoms with E-state index in [1.807, 2.05) is 50.2 Å². The minimum Gasteiger partial charge on any atom is -0.360 e. The van der Waals surface area contributed by atoms with Crippen LogP contribution in [0.2, 0.25) is 0 Å². The first-order chi connectivity index (χ1) is 12.4. The summed E-state index contributed by atoms with van der Waals surface area (Å²) in [6.45, 7) is 5.96. The molecule has 0 heterocycles. The molecule has 2 rings (SSSR count). The molecule has 1 unspecified atom stereocenters. The first-order valence-corrected chi connectivity index (χ1v) is 9.26. The number of aryl methyl sites for hydroxylation is 2. The van der Waals surface area contributed by atoms with Gasteiger partial charge in [0.15, 0.2) is 0 Å². The van der Waals surface area contributed by atoms with Gasteiger partial charge in [-0.1, -0.05) is 47.1 Å². The van der Waals surface area contributed by atoms with Crippen LogP contribution in [0.3, 0.4) is 0 Å². The molecule has 2 aromatic rings. The van der Waals surface area contributed by atoms with Gasteiger partial charge >= 0.3 is 0 Å². The van der Waals surface area contributed by atoms with E-state index in [-0.39, 0.29) is 11.6 Å². The van der Waals surface area contributed by atoms with Crippen molar-refractivity contribution < 1.29 is 4.79 Å². The van der Waals surface area contributed by atoms with Crippen LogP contribution in [0.5, 0.6) is 0 Å². The van der Waals surface area contributed by atoms with Crippen molar-refractivity contribution >= 4 is 27.5 Å². The second kappa shape index (κ2) is 9.21. The molecule has 0 aromatic heterocycles. The van der Waals surface area contributed by atoms with E-state index in [0.29, 0.717) is 0 Å². The molecule has 26 heavy (non-hydrogen) atoms. The van der Waals surface area contributed by atoms with Crippen molar-refractivity contribution in [2.24, 2.45) is 0 Å². The van der Waals surface area contributed by atoms with Crippen molar-refractivity contribution in [2.45, 2.75) is 33.2 Å². The van der Waals surface area contributed by atoms with Gasteiger partial charge < -0.3 is 10.6 Å². The fourth-order valence-electron chi connectivity index (χ4n) is 2.49. The fourth-order valence-corrected chi connectivity index (χ4v) is 2.96. The number of nitrogens with one attached hydrogen (secondary N) is 2. The molecule has 0 saturated carbocycles. The predicted molar refractivity (Wildman–Crippen MR) is 109 cm³/mol. The highest BCUT2D eigenvalue weighted by Gasteiger charge is 2.14. The number of hydrogen-bond donors (Lipinski definition) is 2. The summed E-state index contributed by atoms with van der Waals surface area (Å²) >= 11 is 3.41. The van der Waals surface area contributed by atoms with Gasteiger partial charge in [0.1, 0.15) is 11.6 Å². The van der Waals surface area contributed by atoms with Crippen LogP contribution in [0.25, 0.3) is 0 Å². The van der Waals surface area contributed by atoms with Gasteiger partial charge in [-0.25, -0.2) is 0 Å². The number of anilines is 1. The van der Waals surface area contributed by atoms with Crippen LogP contribution < -0.4 is 10.6 Å². The van der Waals surface area contributed by atoms with Crippen LogP contribution in [0.1, 0.15) is 36.6 Å². The molecule has 4 nitrogen and oxygen atoms in total. The Bertz CT molecular complexity index is 851. The Hall–Kier alpha value is -2.58. The number of hydrogen-bond acceptors (Lipinski definition) is 3. The number of nitriles is 1. The molecule has 1 amide bonds. The summed E-state index contributed by atoms with van der Waals surface area (Å²) in [5.41, 5.74) is 4.14. The first-order valence-electron chi connectivity index (χ1n) is 8.47. The zero-order chi connectivity index (χ0) is 19.1. The average Bonchev–Trinajstić information content (AvgIpc) is 2.63. The van der Waals surface area contributed by atoms with Crippen molar-refractivity contribution in [3.8, 4) is 6.07 Å². The molecule has 134 valence electrons. The number of rotatable bonds is 6. The normalized spacial score (nSPS) is 12.2. The van der Waals surface area contributed by atoms with Gasteiger partial charge in [-0.3, -0.25) is 4.79 Å². The molecular weight excluding hydrogens is 390 g/mol. The minimum absolute atomic E-state index is 0.0318. The zero-order valence-corrected chi connectivity index (χ0v) is 16.7. The lowest BCUT2D eigenvalue weighted by atomic mass is 10.0. The lowest BCUT2D eigenvalue weighted by Crippen LogP contribution is -2.28. The van der Waals surface area contributed by atoms with Crippen molar-refractivity contribution in [1.82, 2.24) is 5.32 Å². The maximum Gasteiger partial charge on any atom is 0.263 e. The molecule has 2 aromatic carbocycles. The molecule has 2 N–H and O–H groups in total. The fraction of sp³-hybridized carbons (Fsp3) is 0.238. The van der Waals surface area contributed by atoms with E-state index in [1.54, 1.807) is 0 Å². The van der Waals surface area contributed by atoms with Gasteiger partial charge in [0.25, 0.3) is 5.91 Å². The van der Waals surface area contributed by atoms with Crippen molar-refractivity contribution in [1.29, 1.82) is 5.26 Å². The van der Waals surface area contributed by atoms with Crippen LogP contribution in [-0.2, 0) is 11.2 Å². The highest BCUT2D eigenvalue weighted by molar-refractivity contribution is 9.10. The Morgan fingerprint density at radius 1 is 1.27 bits per heavy atom. The molecule has 0 spiro atoms. The lowest BCUT2D eigenvalue weighted by Gasteiger charge is -2.14. The summed E-state index contributed by atoms with van der Waals surface area (Å²) in [6.07, 6.45) is 2.42. The Morgan fingerprint density at radius 2 is 1.96 bits per heavy atom. The Balaban J connectivity index is 2.06. The zero-order valence-electron chi connectivity index (χ0n) is 15.1. The minimum atomic E-state index is -0.401. The number of halogens is 1. The van der Waals surface area contributed by atoms with Crippen molar-refractivity contribution in [3.05, 3.63) is 75.4 Å². The van der Waals surface area contributed by atoms with Crippen LogP contribution in [-0.4, -0.2) is 5.91 Å². The van der Waals surface area contributed by atoms with Crippen LogP contribution in [0.15, 0.2) is 58.7 Å². The van der Waals surface area contributed by atoms with Crippen molar-refractivity contribution in [2.75, 3.05) is 5.32 Å². The van der Waals surface area contributed by atoms with Gasteiger partial charge in [0, 0.05) is 16.4 Å². The molecule has 0 saturated heterocycles. The van der Waals surface area contributed by atoms with Crippen LogP contribution in [0, 0.1) is 18.3 Å². The maximum atomic E-state index is 12.4. The Labute approximate surface area is 163 Å². The van der Waals surface area contributed by atoms with E-state index in [9.17, 15) is 10.1 Å². The molecule has 0 aliphatic carbocycles. The van der Waals surface area contributed by atoms with Crippen LogP contribution in [0.4, 0.5) is 5.69 Å². The van der Waals surface area contributed by atoms with Gasteiger partial charge in [0.2, 0.25) is 0 Å². The van der Waals surface area contributed by atoms with Gasteiger partial charge in [-0.2, -0.15) is 5.26 Å². The topological polar surface area (TPSA) is 64.9 Å². The average molecular weight is 412 g/mol. The van der Waals surface area contributed by atoms with Crippen LogP contribution >= 0.6 is 15.9 Å². The summed E-state index contributed by atoms with van der Waals surface area (Å²) in [5, 5.41) is 15.2. The van der Waals surface area contributed by atoms with Gasteiger partial charge in [-0.15, -0.1) is 0 Å². The number of amides is 1. The van der Waals surface area contributed by atoms with E-state index >= 15 is 0 Å².